The maximum Gasteiger partial charge on any atom is 0.163 e. The summed E-state index contributed by atoms with van der Waals surface area (Å²) in [4.78, 5) is 13.0. The van der Waals surface area contributed by atoms with E-state index in [0.29, 0.717) is 24.2 Å². The number of hydrogen-bond acceptors (Lipinski definition) is 3. The van der Waals surface area contributed by atoms with Gasteiger partial charge in [0.2, 0.25) is 0 Å². The highest BCUT2D eigenvalue weighted by Gasteiger charge is 2.29. The van der Waals surface area contributed by atoms with Gasteiger partial charge in [0.15, 0.2) is 5.78 Å². The first kappa shape index (κ1) is 13.2. The molecule has 3 heteroatoms. The molecule has 1 aromatic carbocycles. The van der Waals surface area contributed by atoms with Crippen LogP contribution in [0.1, 0.15) is 32.6 Å². The lowest BCUT2D eigenvalue weighted by atomic mass is 10.1. The highest BCUT2D eigenvalue weighted by Crippen LogP contribution is 2.36. The summed E-state index contributed by atoms with van der Waals surface area (Å²) in [6.07, 6.45) is 2.92. The van der Waals surface area contributed by atoms with Crippen LogP contribution in [0, 0.1) is 0 Å². The number of rotatable bonds is 5. The van der Waals surface area contributed by atoms with Crippen LogP contribution in [0.2, 0.25) is 0 Å². The van der Waals surface area contributed by atoms with Gasteiger partial charge in [0.05, 0.1) is 0 Å². The number of hydrogen-bond donors (Lipinski definition) is 1. The first-order chi connectivity index (χ1) is 8.72. The van der Waals surface area contributed by atoms with Crippen LogP contribution >= 0.6 is 11.8 Å². The van der Waals surface area contributed by atoms with Crippen molar-refractivity contribution in [2.45, 2.75) is 42.8 Å². The topological polar surface area (TPSA) is 37.3 Å². The molecule has 0 spiro atoms. The summed E-state index contributed by atoms with van der Waals surface area (Å²) in [5.74, 6) is 0.427. The number of carbonyl (C=O) groups excluding carboxylic acids is 1. The van der Waals surface area contributed by atoms with E-state index in [1.807, 2.05) is 30.3 Å². The van der Waals surface area contributed by atoms with E-state index < -0.39 is 0 Å². The van der Waals surface area contributed by atoms with Crippen molar-refractivity contribution < 1.29 is 9.90 Å². The Morgan fingerprint density at radius 3 is 2.56 bits per heavy atom. The fraction of sp³-hybridized carbons (Fsp3) is 0.400. The molecule has 0 heterocycles. The molecule has 1 aliphatic carbocycles. The number of thioether (sulfide) groups is 1. The Balaban J connectivity index is 2.19. The number of ketones is 1. The zero-order valence-corrected chi connectivity index (χ0v) is 11.4. The summed E-state index contributed by atoms with van der Waals surface area (Å²) in [6, 6.07) is 10.1. The van der Waals surface area contributed by atoms with E-state index in [-0.39, 0.29) is 11.0 Å². The number of carbonyl (C=O) groups is 1. The van der Waals surface area contributed by atoms with Crippen molar-refractivity contribution in [2.75, 3.05) is 0 Å². The molecule has 0 aliphatic heterocycles. The molecule has 0 saturated heterocycles. The van der Waals surface area contributed by atoms with E-state index in [4.69, 9.17) is 0 Å². The Morgan fingerprint density at radius 2 is 2.00 bits per heavy atom. The molecule has 0 bridgehead atoms. The van der Waals surface area contributed by atoms with Gasteiger partial charge in [-0.05, 0) is 18.6 Å². The normalized spacial score (nSPS) is 17.3. The summed E-state index contributed by atoms with van der Waals surface area (Å²) in [5, 5.41) is 9.97. The molecule has 0 saturated carbocycles. The Morgan fingerprint density at radius 1 is 1.28 bits per heavy atom. The van der Waals surface area contributed by atoms with Crippen LogP contribution in [0.3, 0.4) is 0 Å². The molecular formula is C15H18O2S. The molecule has 1 atom stereocenters. The lowest BCUT2D eigenvalue weighted by molar-refractivity contribution is -0.115. The highest BCUT2D eigenvalue weighted by molar-refractivity contribution is 8.00. The minimum atomic E-state index is 0.0902. The molecule has 0 amide bonds. The number of Topliss-reactive ketones (excluding diaryl/α,β-unsaturated/α-hetero) is 1. The minimum absolute atomic E-state index is 0.0902. The fourth-order valence-corrected chi connectivity index (χ4v) is 3.60. The molecule has 0 unspecified atom stereocenters. The molecule has 0 fully saturated rings. The third kappa shape index (κ3) is 2.96. The minimum Gasteiger partial charge on any atom is -0.512 e. The van der Waals surface area contributed by atoms with Gasteiger partial charge >= 0.3 is 0 Å². The Kier molecular flexibility index (Phi) is 4.48. The quantitative estimate of drug-likeness (QED) is 0.811. The SMILES string of the molecule is CCC[C@H](Sc1ccccc1)C1=C(O)CCC1=O. The molecule has 1 aromatic rings. The van der Waals surface area contributed by atoms with Crippen molar-refractivity contribution in [2.24, 2.45) is 0 Å². The average Bonchev–Trinajstić information content (AvgIpc) is 2.70. The first-order valence-electron chi connectivity index (χ1n) is 6.39. The zero-order valence-electron chi connectivity index (χ0n) is 10.6. The van der Waals surface area contributed by atoms with Crippen LogP contribution in [0.4, 0.5) is 0 Å². The second-order valence-electron chi connectivity index (χ2n) is 4.49. The number of allylic oxidation sites excluding steroid dienone is 1. The van der Waals surface area contributed by atoms with Crippen LogP contribution in [0.15, 0.2) is 46.6 Å². The molecule has 96 valence electrons. The zero-order chi connectivity index (χ0) is 13.0. The first-order valence-corrected chi connectivity index (χ1v) is 7.27. The Labute approximate surface area is 112 Å². The van der Waals surface area contributed by atoms with Crippen LogP contribution < -0.4 is 0 Å². The molecule has 1 N–H and O–H groups in total. The van der Waals surface area contributed by atoms with Gasteiger partial charge in [0, 0.05) is 28.6 Å². The molecule has 0 radical (unpaired) electrons. The van der Waals surface area contributed by atoms with Gasteiger partial charge in [0.1, 0.15) is 5.76 Å². The van der Waals surface area contributed by atoms with E-state index in [1.54, 1.807) is 11.8 Å². The average molecular weight is 262 g/mol. The van der Waals surface area contributed by atoms with Gasteiger partial charge < -0.3 is 5.11 Å². The lowest BCUT2D eigenvalue weighted by Gasteiger charge is -2.16. The van der Waals surface area contributed by atoms with Crippen LogP contribution in [-0.4, -0.2) is 16.1 Å². The van der Waals surface area contributed by atoms with Crippen molar-refractivity contribution in [1.82, 2.24) is 0 Å². The van der Waals surface area contributed by atoms with Crippen molar-refractivity contribution in [3.05, 3.63) is 41.7 Å². The third-order valence-electron chi connectivity index (χ3n) is 3.09. The molecular weight excluding hydrogens is 244 g/mol. The van der Waals surface area contributed by atoms with Gasteiger partial charge in [-0.3, -0.25) is 4.79 Å². The van der Waals surface area contributed by atoms with Gasteiger partial charge in [-0.15, -0.1) is 11.8 Å². The van der Waals surface area contributed by atoms with Crippen LogP contribution in [0.5, 0.6) is 0 Å². The Bertz CT molecular complexity index is 451. The van der Waals surface area contributed by atoms with Crippen molar-refractivity contribution in [1.29, 1.82) is 0 Å². The molecule has 1 aliphatic rings. The van der Waals surface area contributed by atoms with Crippen LogP contribution in [-0.2, 0) is 4.79 Å². The fourth-order valence-electron chi connectivity index (χ4n) is 2.22. The van der Waals surface area contributed by atoms with E-state index >= 15 is 0 Å². The number of aliphatic hydroxyl groups excluding tert-OH is 1. The molecule has 2 nitrogen and oxygen atoms in total. The summed E-state index contributed by atoms with van der Waals surface area (Å²) >= 11 is 1.68. The van der Waals surface area contributed by atoms with Crippen molar-refractivity contribution in [3.63, 3.8) is 0 Å². The van der Waals surface area contributed by atoms with E-state index in [1.165, 1.54) is 0 Å². The number of benzene rings is 1. The van der Waals surface area contributed by atoms with Crippen LogP contribution in [0.25, 0.3) is 0 Å². The van der Waals surface area contributed by atoms with Crippen molar-refractivity contribution in [3.8, 4) is 0 Å². The molecule has 18 heavy (non-hydrogen) atoms. The highest BCUT2D eigenvalue weighted by atomic mass is 32.2. The van der Waals surface area contributed by atoms with E-state index in [9.17, 15) is 9.90 Å². The second kappa shape index (κ2) is 6.10. The summed E-state index contributed by atoms with van der Waals surface area (Å²) in [6.45, 7) is 2.11. The van der Waals surface area contributed by atoms with Gasteiger partial charge in [-0.1, -0.05) is 31.5 Å². The van der Waals surface area contributed by atoms with Gasteiger partial charge in [-0.25, -0.2) is 0 Å². The predicted octanol–water partition coefficient (Wildman–Crippen LogP) is 4.12. The van der Waals surface area contributed by atoms with Crippen molar-refractivity contribution >= 4 is 17.5 Å². The van der Waals surface area contributed by atoms with E-state index in [2.05, 4.69) is 6.92 Å². The summed E-state index contributed by atoms with van der Waals surface area (Å²) < 4.78 is 0. The van der Waals surface area contributed by atoms with Gasteiger partial charge in [-0.2, -0.15) is 0 Å². The standard InChI is InChI=1S/C15H18O2S/c1-2-6-14(15-12(16)9-10-13(15)17)18-11-7-4-3-5-8-11/h3-5,7-8,14,16H,2,6,9-10H2,1H3/t14-/m0/s1. The Hall–Kier alpha value is -1.22. The summed E-state index contributed by atoms with van der Waals surface area (Å²) in [5.41, 5.74) is 0.658. The molecule has 2 rings (SSSR count). The largest absolute Gasteiger partial charge is 0.512 e. The summed E-state index contributed by atoms with van der Waals surface area (Å²) in [7, 11) is 0. The maximum absolute atomic E-state index is 11.9. The van der Waals surface area contributed by atoms with Gasteiger partial charge in [0.25, 0.3) is 0 Å². The monoisotopic (exact) mass is 262 g/mol. The van der Waals surface area contributed by atoms with E-state index in [0.717, 1.165) is 17.7 Å². The lowest BCUT2D eigenvalue weighted by Crippen LogP contribution is -2.13. The second-order valence-corrected chi connectivity index (χ2v) is 5.77. The number of aliphatic hydroxyl groups is 1. The maximum atomic E-state index is 11.9. The molecule has 0 aromatic heterocycles. The third-order valence-corrected chi connectivity index (χ3v) is 4.39. The smallest absolute Gasteiger partial charge is 0.163 e. The predicted molar refractivity (Wildman–Crippen MR) is 74.9 cm³/mol.